The van der Waals surface area contributed by atoms with Crippen LogP contribution in [0, 0.1) is 0 Å². The van der Waals surface area contributed by atoms with Crippen LogP contribution < -0.4 is 5.32 Å². The number of carbonyl (C=O) groups excluding carboxylic acids is 1. The summed E-state index contributed by atoms with van der Waals surface area (Å²) in [4.78, 5) is 14.1. The van der Waals surface area contributed by atoms with Crippen molar-refractivity contribution in [2.24, 2.45) is 0 Å². The molecule has 0 saturated carbocycles. The van der Waals surface area contributed by atoms with Crippen LogP contribution in [-0.2, 0) is 4.79 Å². The summed E-state index contributed by atoms with van der Waals surface area (Å²) in [5, 5.41) is 2.94. The Hall–Kier alpha value is -1.61. The van der Waals surface area contributed by atoms with Crippen LogP contribution in [0.3, 0.4) is 0 Å². The first kappa shape index (κ1) is 12.8. The lowest BCUT2D eigenvalue weighted by molar-refractivity contribution is -0.121. The van der Waals surface area contributed by atoms with Crippen LogP contribution >= 0.6 is 0 Å². The Labute approximate surface area is 108 Å². The summed E-state index contributed by atoms with van der Waals surface area (Å²) in [6, 6.07) is 10.4. The standard InChI is InChI=1S/C15H20N2O/c1-12(2)11-17-9-8-16-15(18)10-14(17)13-6-4-3-5-7-13/h3-7,14H,1,8-11H2,2H3,(H,16,18). The van der Waals surface area contributed by atoms with Gasteiger partial charge in [-0.3, -0.25) is 9.69 Å². The molecule has 18 heavy (non-hydrogen) atoms. The quantitative estimate of drug-likeness (QED) is 0.826. The molecule has 1 aliphatic rings. The fourth-order valence-corrected chi connectivity index (χ4v) is 2.41. The van der Waals surface area contributed by atoms with E-state index in [1.165, 1.54) is 5.56 Å². The first-order valence-corrected chi connectivity index (χ1v) is 6.37. The molecule has 0 aromatic heterocycles. The zero-order valence-electron chi connectivity index (χ0n) is 10.9. The van der Waals surface area contributed by atoms with Crippen molar-refractivity contribution in [3.63, 3.8) is 0 Å². The van der Waals surface area contributed by atoms with Gasteiger partial charge in [-0.05, 0) is 12.5 Å². The van der Waals surface area contributed by atoms with Gasteiger partial charge >= 0.3 is 0 Å². The Kier molecular flexibility index (Phi) is 4.15. The largest absolute Gasteiger partial charge is 0.355 e. The molecular formula is C15H20N2O. The number of rotatable bonds is 3. The number of amides is 1. The number of nitrogens with zero attached hydrogens (tertiary/aromatic N) is 1. The molecule has 0 spiro atoms. The second-order valence-corrected chi connectivity index (χ2v) is 4.91. The number of carbonyl (C=O) groups is 1. The van der Waals surface area contributed by atoms with Crippen LogP contribution in [0.25, 0.3) is 0 Å². The fraction of sp³-hybridized carbons (Fsp3) is 0.400. The molecule has 2 rings (SSSR count). The molecule has 1 atom stereocenters. The van der Waals surface area contributed by atoms with Gasteiger partial charge in [0, 0.05) is 32.1 Å². The SMILES string of the molecule is C=C(C)CN1CCNC(=O)CC1c1ccccc1. The molecule has 3 heteroatoms. The summed E-state index contributed by atoms with van der Waals surface area (Å²) in [6.45, 7) is 8.44. The summed E-state index contributed by atoms with van der Waals surface area (Å²) in [5.41, 5.74) is 2.33. The van der Waals surface area contributed by atoms with Gasteiger partial charge in [0.2, 0.25) is 5.91 Å². The van der Waals surface area contributed by atoms with Crippen LogP contribution in [0.2, 0.25) is 0 Å². The highest BCUT2D eigenvalue weighted by molar-refractivity contribution is 5.77. The van der Waals surface area contributed by atoms with Crippen molar-refractivity contribution in [3.8, 4) is 0 Å². The molecule has 1 amide bonds. The Morgan fingerprint density at radius 1 is 1.44 bits per heavy atom. The Balaban J connectivity index is 2.24. The van der Waals surface area contributed by atoms with Gasteiger partial charge < -0.3 is 5.32 Å². The van der Waals surface area contributed by atoms with E-state index in [-0.39, 0.29) is 11.9 Å². The monoisotopic (exact) mass is 244 g/mol. The van der Waals surface area contributed by atoms with Crippen LogP contribution in [0.1, 0.15) is 24.9 Å². The number of hydrogen-bond acceptors (Lipinski definition) is 2. The van der Waals surface area contributed by atoms with Gasteiger partial charge in [0.15, 0.2) is 0 Å². The van der Waals surface area contributed by atoms with E-state index in [0.717, 1.165) is 25.2 Å². The number of benzene rings is 1. The first-order chi connectivity index (χ1) is 8.66. The Morgan fingerprint density at radius 3 is 2.83 bits per heavy atom. The molecule has 1 aromatic carbocycles. The van der Waals surface area contributed by atoms with Crippen molar-refractivity contribution >= 4 is 5.91 Å². The van der Waals surface area contributed by atoms with E-state index in [0.29, 0.717) is 6.42 Å². The fourth-order valence-electron chi connectivity index (χ4n) is 2.41. The van der Waals surface area contributed by atoms with Crippen LogP contribution in [-0.4, -0.2) is 30.4 Å². The average molecular weight is 244 g/mol. The predicted octanol–water partition coefficient (Wildman–Crippen LogP) is 2.13. The normalized spacial score (nSPS) is 21.2. The Morgan fingerprint density at radius 2 is 2.17 bits per heavy atom. The second kappa shape index (κ2) is 5.83. The molecule has 1 saturated heterocycles. The van der Waals surface area contributed by atoms with Gasteiger partial charge in [0.25, 0.3) is 0 Å². The van der Waals surface area contributed by atoms with Gasteiger partial charge in [0.1, 0.15) is 0 Å². The summed E-state index contributed by atoms with van der Waals surface area (Å²) < 4.78 is 0. The summed E-state index contributed by atoms with van der Waals surface area (Å²) in [7, 11) is 0. The third kappa shape index (κ3) is 3.20. The van der Waals surface area contributed by atoms with Crippen molar-refractivity contribution in [3.05, 3.63) is 48.0 Å². The molecule has 1 fully saturated rings. The lowest BCUT2D eigenvalue weighted by atomic mass is 10.0. The minimum absolute atomic E-state index is 0.132. The molecule has 1 unspecified atom stereocenters. The van der Waals surface area contributed by atoms with E-state index in [1.807, 2.05) is 25.1 Å². The molecule has 1 aliphatic heterocycles. The van der Waals surface area contributed by atoms with Crippen LogP contribution in [0.4, 0.5) is 0 Å². The van der Waals surface area contributed by atoms with Gasteiger partial charge in [-0.25, -0.2) is 0 Å². The van der Waals surface area contributed by atoms with E-state index in [2.05, 4.69) is 28.9 Å². The minimum Gasteiger partial charge on any atom is -0.355 e. The molecule has 0 radical (unpaired) electrons. The van der Waals surface area contributed by atoms with Gasteiger partial charge in [0.05, 0.1) is 0 Å². The molecular weight excluding hydrogens is 224 g/mol. The van der Waals surface area contributed by atoms with E-state index >= 15 is 0 Å². The summed E-state index contributed by atoms with van der Waals surface area (Å²) >= 11 is 0. The maximum atomic E-state index is 11.7. The zero-order chi connectivity index (χ0) is 13.0. The van der Waals surface area contributed by atoms with E-state index in [9.17, 15) is 4.79 Å². The lowest BCUT2D eigenvalue weighted by Crippen LogP contribution is -2.32. The molecule has 96 valence electrons. The van der Waals surface area contributed by atoms with E-state index in [4.69, 9.17) is 0 Å². The molecule has 0 aliphatic carbocycles. The van der Waals surface area contributed by atoms with Crippen molar-refractivity contribution in [1.82, 2.24) is 10.2 Å². The van der Waals surface area contributed by atoms with Crippen molar-refractivity contribution in [2.75, 3.05) is 19.6 Å². The maximum absolute atomic E-state index is 11.7. The summed E-state index contributed by atoms with van der Waals surface area (Å²) in [5.74, 6) is 0.132. The zero-order valence-corrected chi connectivity index (χ0v) is 10.9. The highest BCUT2D eigenvalue weighted by Gasteiger charge is 2.25. The Bertz CT molecular complexity index is 427. The molecule has 0 bridgehead atoms. The highest BCUT2D eigenvalue weighted by atomic mass is 16.1. The highest BCUT2D eigenvalue weighted by Crippen LogP contribution is 2.25. The minimum atomic E-state index is 0.132. The molecule has 1 heterocycles. The van der Waals surface area contributed by atoms with Crippen molar-refractivity contribution < 1.29 is 4.79 Å². The van der Waals surface area contributed by atoms with Crippen LogP contribution in [0.15, 0.2) is 42.5 Å². The van der Waals surface area contributed by atoms with Gasteiger partial charge in [-0.2, -0.15) is 0 Å². The second-order valence-electron chi connectivity index (χ2n) is 4.91. The smallest absolute Gasteiger partial charge is 0.221 e. The molecule has 1 aromatic rings. The molecule has 1 N–H and O–H groups in total. The number of nitrogens with one attached hydrogen (secondary N) is 1. The third-order valence-electron chi connectivity index (χ3n) is 3.20. The number of hydrogen-bond donors (Lipinski definition) is 1. The summed E-state index contributed by atoms with van der Waals surface area (Å²) in [6.07, 6.45) is 0.525. The van der Waals surface area contributed by atoms with Crippen molar-refractivity contribution in [2.45, 2.75) is 19.4 Å². The first-order valence-electron chi connectivity index (χ1n) is 6.37. The molecule has 3 nitrogen and oxygen atoms in total. The average Bonchev–Trinajstić information content (AvgIpc) is 2.52. The topological polar surface area (TPSA) is 32.3 Å². The third-order valence-corrected chi connectivity index (χ3v) is 3.20. The van der Waals surface area contributed by atoms with Crippen molar-refractivity contribution in [1.29, 1.82) is 0 Å². The van der Waals surface area contributed by atoms with E-state index in [1.54, 1.807) is 0 Å². The van der Waals surface area contributed by atoms with Gasteiger partial charge in [-0.15, -0.1) is 0 Å². The maximum Gasteiger partial charge on any atom is 0.221 e. The predicted molar refractivity (Wildman–Crippen MR) is 73.2 cm³/mol. The van der Waals surface area contributed by atoms with Crippen LogP contribution in [0.5, 0.6) is 0 Å². The lowest BCUT2D eigenvalue weighted by Gasteiger charge is -2.29. The van der Waals surface area contributed by atoms with Gasteiger partial charge in [-0.1, -0.05) is 42.5 Å². The van der Waals surface area contributed by atoms with E-state index < -0.39 is 0 Å².